The fraction of sp³-hybridized carbons (Fsp3) is 0.904. The number of rotatable bonds is 48. The smallest absolute Gasteiger partial charge is 0.268 e. The molecule has 0 fully saturated rings. The molecule has 61 heavy (non-hydrogen) atoms. The molecule has 0 aromatic heterocycles. The van der Waals surface area contributed by atoms with Crippen molar-refractivity contribution in [3.05, 3.63) is 24.3 Å². The van der Waals surface area contributed by atoms with Gasteiger partial charge in [0.25, 0.3) is 7.82 Å². The molecule has 0 radical (unpaired) electrons. The summed E-state index contributed by atoms with van der Waals surface area (Å²) in [5, 5.41) is 13.8. The number of likely N-dealkylation sites (N-methyl/N-ethyl adjacent to an activating group) is 1. The summed E-state index contributed by atoms with van der Waals surface area (Å²) in [5.74, 6) is -0.203. The Morgan fingerprint density at radius 1 is 0.557 bits per heavy atom. The van der Waals surface area contributed by atoms with Gasteiger partial charge in [0, 0.05) is 6.42 Å². The van der Waals surface area contributed by atoms with Gasteiger partial charge in [-0.2, -0.15) is 0 Å². The van der Waals surface area contributed by atoms with Gasteiger partial charge in [0.2, 0.25) is 5.91 Å². The third-order valence-electron chi connectivity index (χ3n) is 11.9. The first-order valence-corrected chi connectivity index (χ1v) is 27.7. The zero-order chi connectivity index (χ0) is 45.0. The van der Waals surface area contributed by atoms with E-state index in [2.05, 4.69) is 31.3 Å². The van der Waals surface area contributed by atoms with Crippen LogP contribution in [0.4, 0.5) is 0 Å². The molecule has 9 heteroatoms. The number of carbonyl (C=O) groups is 1. The van der Waals surface area contributed by atoms with E-state index >= 15 is 0 Å². The van der Waals surface area contributed by atoms with Crippen LogP contribution in [0, 0.1) is 0 Å². The van der Waals surface area contributed by atoms with Crippen LogP contribution in [-0.4, -0.2) is 68.5 Å². The zero-order valence-electron chi connectivity index (χ0n) is 41.1. The minimum atomic E-state index is -4.60. The monoisotopic (exact) mass is 883 g/mol. The molecule has 0 saturated heterocycles. The van der Waals surface area contributed by atoms with Gasteiger partial charge in [-0.25, -0.2) is 0 Å². The molecule has 3 atom stereocenters. The number of unbranched alkanes of at least 4 members (excludes halogenated alkanes) is 33. The number of aliphatic hydroxyl groups is 1. The number of aliphatic hydroxyl groups excluding tert-OH is 1. The number of nitrogens with zero attached hydrogens (tertiary/aromatic N) is 1. The number of phosphoric ester groups is 1. The molecular formula is C52H103N2O6P. The fourth-order valence-corrected chi connectivity index (χ4v) is 8.48. The number of amides is 1. The van der Waals surface area contributed by atoms with E-state index in [1.54, 1.807) is 6.08 Å². The summed E-state index contributed by atoms with van der Waals surface area (Å²) in [5.41, 5.74) is 0. The van der Waals surface area contributed by atoms with Gasteiger partial charge in [0.1, 0.15) is 13.2 Å². The summed E-state index contributed by atoms with van der Waals surface area (Å²) in [6.45, 7) is 4.65. The van der Waals surface area contributed by atoms with Crippen molar-refractivity contribution in [1.82, 2.24) is 5.32 Å². The Morgan fingerprint density at radius 2 is 0.918 bits per heavy atom. The van der Waals surface area contributed by atoms with Crippen LogP contribution in [0.25, 0.3) is 0 Å². The summed E-state index contributed by atoms with van der Waals surface area (Å²) >= 11 is 0. The number of carbonyl (C=O) groups excluding carboxylic acids is 1. The average Bonchev–Trinajstić information content (AvgIpc) is 3.21. The topological polar surface area (TPSA) is 108 Å². The molecule has 362 valence electrons. The van der Waals surface area contributed by atoms with Crippen molar-refractivity contribution in [2.45, 2.75) is 264 Å². The van der Waals surface area contributed by atoms with Gasteiger partial charge in [-0.15, -0.1) is 0 Å². The first kappa shape index (κ1) is 60.0. The summed E-state index contributed by atoms with van der Waals surface area (Å²) in [7, 11) is 1.25. The summed E-state index contributed by atoms with van der Waals surface area (Å²) in [6, 6.07) is -0.899. The van der Waals surface area contributed by atoms with Crippen molar-refractivity contribution < 1.29 is 32.9 Å². The van der Waals surface area contributed by atoms with Crippen molar-refractivity contribution >= 4 is 13.7 Å². The first-order valence-electron chi connectivity index (χ1n) is 26.2. The third kappa shape index (κ3) is 46.8. The highest BCUT2D eigenvalue weighted by molar-refractivity contribution is 7.45. The lowest BCUT2D eigenvalue weighted by atomic mass is 10.0. The number of quaternary nitrogens is 1. The van der Waals surface area contributed by atoms with Crippen molar-refractivity contribution in [2.24, 2.45) is 0 Å². The average molecular weight is 883 g/mol. The molecule has 0 bridgehead atoms. The maximum atomic E-state index is 12.9. The minimum absolute atomic E-state index is 0.00400. The quantitative estimate of drug-likeness (QED) is 0.0273. The highest BCUT2D eigenvalue weighted by Crippen LogP contribution is 2.38. The van der Waals surface area contributed by atoms with Crippen LogP contribution in [0.15, 0.2) is 24.3 Å². The van der Waals surface area contributed by atoms with Crippen LogP contribution in [0.2, 0.25) is 0 Å². The Labute approximate surface area is 379 Å². The standard InChI is InChI=1S/C52H103N2O6P/c1-6-8-10-12-14-16-18-20-22-23-24-25-26-27-28-29-30-32-34-36-38-40-42-44-46-52(56)53-50(49-60-61(57,58)59-48-47-54(3,4)5)51(55)45-43-41-39-37-35-33-31-21-19-17-15-13-11-9-7-2/h35,37,43,45,50-51,55H,6-34,36,38-42,44,46-49H2,1-5H3,(H-,53,56,57,58)/b37-35+,45-43+. The number of hydrogen-bond donors (Lipinski definition) is 2. The maximum absolute atomic E-state index is 12.9. The predicted octanol–water partition coefficient (Wildman–Crippen LogP) is 14.6. The molecule has 0 aliphatic rings. The lowest BCUT2D eigenvalue weighted by Gasteiger charge is -2.29. The molecule has 3 unspecified atom stereocenters. The van der Waals surface area contributed by atoms with E-state index in [9.17, 15) is 19.4 Å². The molecule has 0 aromatic rings. The Bertz CT molecular complexity index is 1050. The molecule has 0 saturated carbocycles. The van der Waals surface area contributed by atoms with E-state index in [1.807, 2.05) is 27.2 Å². The van der Waals surface area contributed by atoms with Crippen LogP contribution in [0.1, 0.15) is 251 Å². The molecule has 0 heterocycles. The first-order chi connectivity index (χ1) is 29.5. The molecule has 0 aliphatic heterocycles. The van der Waals surface area contributed by atoms with E-state index in [0.717, 1.165) is 38.5 Å². The van der Waals surface area contributed by atoms with Gasteiger partial charge < -0.3 is 28.8 Å². The van der Waals surface area contributed by atoms with Crippen LogP contribution >= 0.6 is 7.82 Å². The van der Waals surface area contributed by atoms with Crippen molar-refractivity contribution in [3.8, 4) is 0 Å². The number of phosphoric acid groups is 1. The Balaban J connectivity index is 4.23. The van der Waals surface area contributed by atoms with Crippen LogP contribution in [0.3, 0.4) is 0 Å². The van der Waals surface area contributed by atoms with Crippen molar-refractivity contribution in [1.29, 1.82) is 0 Å². The second kappa shape index (κ2) is 44.2. The lowest BCUT2D eigenvalue weighted by molar-refractivity contribution is -0.870. The highest BCUT2D eigenvalue weighted by Gasteiger charge is 2.23. The number of allylic oxidation sites excluding steroid dienone is 3. The van der Waals surface area contributed by atoms with Crippen LogP contribution in [-0.2, 0) is 18.4 Å². The summed E-state index contributed by atoms with van der Waals surface area (Å²) in [6.07, 6.45) is 53.9. The van der Waals surface area contributed by atoms with E-state index in [4.69, 9.17) is 9.05 Å². The highest BCUT2D eigenvalue weighted by atomic mass is 31.2. The van der Waals surface area contributed by atoms with Gasteiger partial charge in [0.15, 0.2) is 0 Å². The Hall–Kier alpha value is -1.02. The number of hydrogen-bond acceptors (Lipinski definition) is 6. The van der Waals surface area contributed by atoms with Crippen LogP contribution in [0.5, 0.6) is 0 Å². The van der Waals surface area contributed by atoms with E-state index < -0.39 is 20.0 Å². The normalized spacial score (nSPS) is 14.3. The molecule has 2 N–H and O–H groups in total. The maximum Gasteiger partial charge on any atom is 0.268 e. The van der Waals surface area contributed by atoms with Gasteiger partial charge >= 0.3 is 0 Å². The molecule has 0 rings (SSSR count). The van der Waals surface area contributed by atoms with E-state index in [1.165, 1.54) is 193 Å². The van der Waals surface area contributed by atoms with Crippen molar-refractivity contribution in [2.75, 3.05) is 40.9 Å². The second-order valence-corrected chi connectivity index (χ2v) is 20.6. The molecule has 0 aliphatic carbocycles. The zero-order valence-corrected chi connectivity index (χ0v) is 42.0. The number of nitrogens with one attached hydrogen (secondary N) is 1. The fourth-order valence-electron chi connectivity index (χ4n) is 7.76. The molecule has 0 spiro atoms. The summed E-state index contributed by atoms with van der Waals surface area (Å²) < 4.78 is 23.3. The predicted molar refractivity (Wildman–Crippen MR) is 261 cm³/mol. The SMILES string of the molecule is CCCCCCCCCCC/C=C/CC/C=C/C(O)C(COP(=O)([O-])OCC[N+](C)(C)C)NC(=O)CCCCCCCCCCCCCCCCCCCCCCCCCC. The van der Waals surface area contributed by atoms with Crippen LogP contribution < -0.4 is 10.2 Å². The van der Waals surface area contributed by atoms with Gasteiger partial charge in [-0.1, -0.05) is 237 Å². The van der Waals surface area contributed by atoms with E-state index in [-0.39, 0.29) is 19.1 Å². The largest absolute Gasteiger partial charge is 0.756 e. The van der Waals surface area contributed by atoms with Gasteiger partial charge in [-0.05, 0) is 32.1 Å². The third-order valence-corrected chi connectivity index (χ3v) is 12.9. The van der Waals surface area contributed by atoms with Gasteiger partial charge in [0.05, 0.1) is 39.9 Å². The Morgan fingerprint density at radius 3 is 1.33 bits per heavy atom. The lowest BCUT2D eigenvalue weighted by Crippen LogP contribution is -2.45. The minimum Gasteiger partial charge on any atom is -0.756 e. The molecule has 1 amide bonds. The second-order valence-electron chi connectivity index (χ2n) is 19.2. The van der Waals surface area contributed by atoms with Gasteiger partial charge in [-0.3, -0.25) is 9.36 Å². The molecule has 8 nitrogen and oxygen atoms in total. The van der Waals surface area contributed by atoms with Crippen molar-refractivity contribution in [3.63, 3.8) is 0 Å². The molecule has 0 aromatic carbocycles. The van der Waals surface area contributed by atoms with E-state index in [0.29, 0.717) is 17.4 Å². The molecular weight excluding hydrogens is 780 g/mol. The summed E-state index contributed by atoms with van der Waals surface area (Å²) in [4.78, 5) is 25.4. The Kier molecular flexibility index (Phi) is 43.5.